The first-order chi connectivity index (χ1) is 11.0. The highest BCUT2D eigenvalue weighted by Gasteiger charge is 2.58. The Morgan fingerprint density at radius 3 is 1.65 bits per heavy atom. The highest BCUT2D eigenvalue weighted by atomic mass is 16.2. The van der Waals surface area contributed by atoms with Gasteiger partial charge < -0.3 is 4.90 Å². The average Bonchev–Trinajstić information content (AvgIpc) is 2.54. The van der Waals surface area contributed by atoms with Crippen LogP contribution < -0.4 is 0 Å². The van der Waals surface area contributed by atoms with Crippen molar-refractivity contribution in [1.82, 2.24) is 4.90 Å². The van der Waals surface area contributed by atoms with Crippen molar-refractivity contribution in [2.45, 2.75) is 12.3 Å². The lowest BCUT2D eigenvalue weighted by molar-refractivity contribution is -0.125. The van der Waals surface area contributed by atoms with Crippen molar-refractivity contribution in [3.8, 4) is 0 Å². The van der Waals surface area contributed by atoms with Gasteiger partial charge in [0.15, 0.2) is 11.6 Å². The molecule has 0 amide bonds. The number of carbonyl (C=O) groups excluding carboxylic acids is 2. The molecule has 0 aromatic heterocycles. The Bertz CT molecular complexity index is 749. The third kappa shape index (κ3) is 2.04. The minimum absolute atomic E-state index is 0.119. The Morgan fingerprint density at radius 1 is 0.870 bits per heavy atom. The van der Waals surface area contributed by atoms with Gasteiger partial charge >= 0.3 is 0 Å². The maximum Gasteiger partial charge on any atom is 0.189 e. The lowest BCUT2D eigenvalue weighted by Crippen LogP contribution is -2.55. The van der Waals surface area contributed by atoms with Gasteiger partial charge in [-0.3, -0.25) is 9.59 Å². The van der Waals surface area contributed by atoms with Gasteiger partial charge in [-0.25, -0.2) is 0 Å². The summed E-state index contributed by atoms with van der Waals surface area (Å²) in [5, 5.41) is 0. The van der Waals surface area contributed by atoms with Crippen molar-refractivity contribution in [3.63, 3.8) is 0 Å². The smallest absolute Gasteiger partial charge is 0.189 e. The van der Waals surface area contributed by atoms with Crippen LogP contribution in [0, 0.1) is 0 Å². The van der Waals surface area contributed by atoms with E-state index in [4.69, 9.17) is 0 Å². The van der Waals surface area contributed by atoms with Crippen LogP contribution in [0.1, 0.15) is 18.1 Å². The molecule has 2 aromatic carbocycles. The monoisotopic (exact) mass is 305 g/mol. The van der Waals surface area contributed by atoms with E-state index >= 15 is 0 Å². The van der Waals surface area contributed by atoms with Crippen molar-refractivity contribution < 1.29 is 9.59 Å². The van der Waals surface area contributed by atoms with Gasteiger partial charge in [0.1, 0.15) is 5.41 Å². The van der Waals surface area contributed by atoms with Crippen molar-refractivity contribution >= 4 is 11.6 Å². The Morgan fingerprint density at radius 2 is 1.30 bits per heavy atom. The minimum Gasteiger partial charge on any atom is -0.379 e. The molecule has 1 aliphatic carbocycles. The van der Waals surface area contributed by atoms with Gasteiger partial charge in [-0.2, -0.15) is 0 Å². The summed E-state index contributed by atoms with van der Waals surface area (Å²) >= 11 is 0. The molecule has 0 heterocycles. The fourth-order valence-electron chi connectivity index (χ4n) is 3.49. The molecular weight excluding hydrogens is 286 g/mol. The predicted molar refractivity (Wildman–Crippen MR) is 90.1 cm³/mol. The molecule has 3 rings (SSSR count). The largest absolute Gasteiger partial charge is 0.379 e. The zero-order valence-corrected chi connectivity index (χ0v) is 13.5. The number of benzene rings is 2. The summed E-state index contributed by atoms with van der Waals surface area (Å²) in [5.41, 5.74) is 1.97. The highest BCUT2D eigenvalue weighted by molar-refractivity contribution is 6.31. The third-order valence-electron chi connectivity index (χ3n) is 4.37. The van der Waals surface area contributed by atoms with Gasteiger partial charge in [0.2, 0.25) is 0 Å². The van der Waals surface area contributed by atoms with Crippen LogP contribution in [0.3, 0.4) is 0 Å². The topological polar surface area (TPSA) is 37.4 Å². The SMILES string of the molecule is CC(=O)C1=C(N(C)C)C(c2ccccc2)(c2ccccc2)C1=O. The summed E-state index contributed by atoms with van der Waals surface area (Å²) in [6.07, 6.45) is 0. The van der Waals surface area contributed by atoms with E-state index in [1.165, 1.54) is 6.92 Å². The molecule has 116 valence electrons. The van der Waals surface area contributed by atoms with Crippen LogP contribution >= 0.6 is 0 Å². The second kappa shape index (κ2) is 5.51. The maximum absolute atomic E-state index is 13.1. The van der Waals surface area contributed by atoms with E-state index < -0.39 is 5.41 Å². The second-order valence-corrected chi connectivity index (χ2v) is 5.99. The van der Waals surface area contributed by atoms with Crippen LogP contribution in [0.15, 0.2) is 71.9 Å². The normalized spacial score (nSPS) is 16.0. The van der Waals surface area contributed by atoms with Crippen LogP contribution in [-0.2, 0) is 15.0 Å². The Kier molecular flexibility index (Phi) is 3.64. The molecular formula is C20H19NO2. The molecule has 3 nitrogen and oxygen atoms in total. The number of rotatable bonds is 4. The third-order valence-corrected chi connectivity index (χ3v) is 4.37. The van der Waals surface area contributed by atoms with Crippen LogP contribution in [0.25, 0.3) is 0 Å². The molecule has 0 atom stereocenters. The Labute approximate surface area is 136 Å². The standard InChI is InChI=1S/C20H19NO2/c1-14(22)17-18(21(2)3)20(19(17)23,15-10-6-4-7-11-15)16-12-8-5-9-13-16/h4-13H,1-3H3. The summed E-state index contributed by atoms with van der Waals surface area (Å²) in [6.45, 7) is 1.45. The van der Waals surface area contributed by atoms with E-state index in [1.807, 2.05) is 79.7 Å². The van der Waals surface area contributed by atoms with E-state index in [0.717, 1.165) is 16.8 Å². The van der Waals surface area contributed by atoms with Crippen molar-refractivity contribution in [2.75, 3.05) is 14.1 Å². The van der Waals surface area contributed by atoms with Gasteiger partial charge in [0.05, 0.1) is 11.3 Å². The van der Waals surface area contributed by atoms with E-state index in [9.17, 15) is 9.59 Å². The average molecular weight is 305 g/mol. The molecule has 0 saturated carbocycles. The van der Waals surface area contributed by atoms with Crippen molar-refractivity contribution in [3.05, 3.63) is 83.1 Å². The van der Waals surface area contributed by atoms with E-state index in [2.05, 4.69) is 0 Å². The van der Waals surface area contributed by atoms with Crippen LogP contribution in [0.2, 0.25) is 0 Å². The van der Waals surface area contributed by atoms with Crippen molar-refractivity contribution in [2.24, 2.45) is 0 Å². The quantitative estimate of drug-likeness (QED) is 0.815. The van der Waals surface area contributed by atoms with Gasteiger partial charge in [-0.05, 0) is 18.1 Å². The summed E-state index contributed by atoms with van der Waals surface area (Å²) in [5.74, 6) is -0.299. The zero-order chi connectivity index (χ0) is 16.6. The van der Waals surface area contributed by atoms with E-state index in [-0.39, 0.29) is 11.6 Å². The lowest BCUT2D eigenvalue weighted by atomic mass is 9.57. The maximum atomic E-state index is 13.1. The Balaban J connectivity index is 2.36. The van der Waals surface area contributed by atoms with Crippen LogP contribution in [0.5, 0.6) is 0 Å². The first kappa shape index (κ1) is 15.2. The highest BCUT2D eigenvalue weighted by Crippen LogP contribution is 2.51. The Hall–Kier alpha value is -2.68. The molecule has 0 aliphatic heterocycles. The molecule has 0 fully saturated rings. The fraction of sp³-hybridized carbons (Fsp3) is 0.200. The second-order valence-electron chi connectivity index (χ2n) is 5.99. The fourth-order valence-corrected chi connectivity index (χ4v) is 3.49. The molecule has 2 aromatic rings. The summed E-state index contributed by atoms with van der Waals surface area (Å²) in [6, 6.07) is 19.3. The molecule has 0 bridgehead atoms. The van der Waals surface area contributed by atoms with Gasteiger partial charge in [-0.15, -0.1) is 0 Å². The molecule has 0 N–H and O–H groups in total. The van der Waals surface area contributed by atoms with E-state index in [0.29, 0.717) is 5.57 Å². The van der Waals surface area contributed by atoms with Crippen LogP contribution in [-0.4, -0.2) is 30.6 Å². The lowest BCUT2D eigenvalue weighted by Gasteiger charge is -2.47. The number of nitrogens with zero attached hydrogens (tertiary/aromatic N) is 1. The molecule has 23 heavy (non-hydrogen) atoms. The summed E-state index contributed by atoms with van der Waals surface area (Å²) < 4.78 is 0. The van der Waals surface area contributed by atoms with Gasteiger partial charge in [0.25, 0.3) is 0 Å². The predicted octanol–water partition coefficient (Wildman–Crippen LogP) is 2.96. The number of hydrogen-bond acceptors (Lipinski definition) is 3. The molecule has 1 aliphatic rings. The number of allylic oxidation sites excluding steroid dienone is 2. The van der Waals surface area contributed by atoms with E-state index in [1.54, 1.807) is 0 Å². The number of hydrogen-bond donors (Lipinski definition) is 0. The molecule has 0 saturated heterocycles. The summed E-state index contributed by atoms with van der Waals surface area (Å²) in [4.78, 5) is 27.0. The van der Waals surface area contributed by atoms with Crippen molar-refractivity contribution in [1.29, 1.82) is 0 Å². The number of likely N-dealkylation sites (N-methyl/N-ethyl adjacent to an activating group) is 1. The first-order valence-corrected chi connectivity index (χ1v) is 7.60. The molecule has 0 spiro atoms. The first-order valence-electron chi connectivity index (χ1n) is 7.60. The number of Topliss-reactive ketones (excluding diaryl/α,β-unsaturated/α-hetero) is 2. The number of carbonyl (C=O) groups is 2. The molecule has 3 heteroatoms. The van der Waals surface area contributed by atoms with Crippen LogP contribution in [0.4, 0.5) is 0 Å². The zero-order valence-electron chi connectivity index (χ0n) is 13.5. The number of ketones is 2. The molecule has 0 unspecified atom stereocenters. The van der Waals surface area contributed by atoms with Gasteiger partial charge in [-0.1, -0.05) is 60.7 Å². The summed E-state index contributed by atoms with van der Waals surface area (Å²) in [7, 11) is 3.76. The van der Waals surface area contributed by atoms with Gasteiger partial charge in [0, 0.05) is 14.1 Å². The molecule has 0 radical (unpaired) electrons. The minimum atomic E-state index is -0.896.